The third-order valence-corrected chi connectivity index (χ3v) is 4.71. The average Bonchev–Trinajstić information content (AvgIpc) is 2.70. The Hall–Kier alpha value is -0.690. The molecule has 162 valence electrons. The maximum Gasteiger partial charge on any atom is 0.224 e. The fraction of sp³-hybridized carbons (Fsp3) is 0.952. The van der Waals surface area contributed by atoms with Crippen LogP contribution in [0.1, 0.15) is 53.9 Å². The number of nitrogens with zero attached hydrogens (tertiary/aromatic N) is 1. The zero-order valence-electron chi connectivity index (χ0n) is 18.4. The van der Waals surface area contributed by atoms with Crippen molar-refractivity contribution in [2.24, 2.45) is 11.8 Å². The van der Waals surface area contributed by atoms with Gasteiger partial charge in [0, 0.05) is 19.6 Å². The summed E-state index contributed by atoms with van der Waals surface area (Å²) >= 11 is 0. The van der Waals surface area contributed by atoms with Gasteiger partial charge < -0.3 is 24.4 Å². The molecule has 1 fully saturated rings. The first-order chi connectivity index (χ1) is 13.1. The summed E-state index contributed by atoms with van der Waals surface area (Å²) in [5.41, 5.74) is 0. The summed E-state index contributed by atoms with van der Waals surface area (Å²) in [6, 6.07) is 0. The van der Waals surface area contributed by atoms with Gasteiger partial charge in [0.15, 0.2) is 0 Å². The average molecular weight is 389 g/mol. The molecule has 0 saturated carbocycles. The van der Waals surface area contributed by atoms with Gasteiger partial charge in [-0.05, 0) is 31.2 Å². The molecule has 0 aliphatic carbocycles. The lowest BCUT2D eigenvalue weighted by Gasteiger charge is -2.34. The Bertz CT molecular complexity index is 332. The lowest BCUT2D eigenvalue weighted by molar-refractivity contribution is -0.134. The quantitative estimate of drug-likeness (QED) is 0.464. The van der Waals surface area contributed by atoms with Crippen molar-refractivity contribution < 1.29 is 19.0 Å². The zero-order chi connectivity index (χ0) is 20.3. The van der Waals surface area contributed by atoms with E-state index >= 15 is 0 Å². The van der Waals surface area contributed by atoms with E-state index in [1.54, 1.807) is 0 Å². The molecule has 0 radical (unpaired) electrons. The summed E-state index contributed by atoms with van der Waals surface area (Å²) in [5.74, 6) is 1.71. The minimum atomic E-state index is 0.220. The molecule has 0 aromatic carbocycles. The van der Waals surface area contributed by atoms with E-state index in [4.69, 9.17) is 14.2 Å². The van der Waals surface area contributed by atoms with Crippen molar-refractivity contribution in [3.63, 3.8) is 0 Å². The number of likely N-dealkylation sites (tertiary alicyclic amines) is 1. The van der Waals surface area contributed by atoms with Gasteiger partial charge in [-0.15, -0.1) is 0 Å². The molecule has 1 aliphatic rings. The van der Waals surface area contributed by atoms with Crippen LogP contribution in [0.25, 0.3) is 0 Å². The van der Waals surface area contributed by atoms with Gasteiger partial charge in [0.2, 0.25) is 5.91 Å². The van der Waals surface area contributed by atoms with Crippen LogP contribution < -0.4 is 5.32 Å². The summed E-state index contributed by atoms with van der Waals surface area (Å²) in [7, 11) is 0. The standard InChI is InChI=1S/C19H38N2O4.C2H6/c1-4-20-8-12-24-14-16-25-15-13-23-11-7-19(22)21-9-5-18(6-10-21)17(2)3;1-2/h17-18,20H,4-16H2,1-3H3;1-2H3. The molecule has 1 amide bonds. The molecule has 1 heterocycles. The first-order valence-electron chi connectivity index (χ1n) is 10.9. The Morgan fingerprint density at radius 3 is 2.00 bits per heavy atom. The van der Waals surface area contributed by atoms with Gasteiger partial charge >= 0.3 is 0 Å². The molecule has 1 rings (SSSR count). The van der Waals surface area contributed by atoms with Crippen molar-refractivity contribution in [1.29, 1.82) is 0 Å². The van der Waals surface area contributed by atoms with Gasteiger partial charge in [0.05, 0.1) is 46.1 Å². The molecular formula is C21H44N2O4. The van der Waals surface area contributed by atoms with E-state index in [1.807, 2.05) is 18.7 Å². The number of piperidine rings is 1. The molecule has 1 saturated heterocycles. The van der Waals surface area contributed by atoms with Gasteiger partial charge in [0.1, 0.15) is 0 Å². The monoisotopic (exact) mass is 388 g/mol. The Balaban J connectivity index is 0.00000326. The van der Waals surface area contributed by atoms with Crippen LogP contribution in [0.5, 0.6) is 0 Å². The largest absolute Gasteiger partial charge is 0.379 e. The molecule has 0 atom stereocenters. The van der Waals surface area contributed by atoms with Crippen LogP contribution >= 0.6 is 0 Å². The van der Waals surface area contributed by atoms with Crippen molar-refractivity contribution in [3.05, 3.63) is 0 Å². The number of carbonyl (C=O) groups is 1. The van der Waals surface area contributed by atoms with Gasteiger partial charge in [-0.1, -0.05) is 34.6 Å². The molecule has 0 bridgehead atoms. The molecule has 6 heteroatoms. The Kier molecular flexibility index (Phi) is 18.2. The maximum absolute atomic E-state index is 12.1. The number of hydrogen-bond donors (Lipinski definition) is 1. The SMILES string of the molecule is CC.CCNCCOCCOCCOCCC(=O)N1CCC(C(C)C)CC1. The molecule has 0 aromatic rings. The van der Waals surface area contributed by atoms with E-state index in [1.165, 1.54) is 0 Å². The Morgan fingerprint density at radius 1 is 0.963 bits per heavy atom. The highest BCUT2D eigenvalue weighted by Gasteiger charge is 2.24. The lowest BCUT2D eigenvalue weighted by atomic mass is 9.86. The number of hydrogen-bond acceptors (Lipinski definition) is 5. The minimum Gasteiger partial charge on any atom is -0.379 e. The van der Waals surface area contributed by atoms with E-state index in [2.05, 4.69) is 26.1 Å². The fourth-order valence-electron chi connectivity index (χ4n) is 3.00. The molecule has 0 aromatic heterocycles. The van der Waals surface area contributed by atoms with E-state index in [9.17, 15) is 4.79 Å². The summed E-state index contributed by atoms with van der Waals surface area (Å²) in [4.78, 5) is 14.1. The van der Waals surface area contributed by atoms with Crippen LogP contribution in [-0.2, 0) is 19.0 Å². The van der Waals surface area contributed by atoms with Crippen molar-refractivity contribution in [2.45, 2.75) is 53.9 Å². The van der Waals surface area contributed by atoms with Crippen LogP contribution in [-0.4, -0.2) is 76.6 Å². The van der Waals surface area contributed by atoms with Crippen molar-refractivity contribution in [1.82, 2.24) is 10.2 Å². The maximum atomic E-state index is 12.1. The minimum absolute atomic E-state index is 0.220. The van der Waals surface area contributed by atoms with Gasteiger partial charge in [-0.3, -0.25) is 4.79 Å². The molecule has 27 heavy (non-hydrogen) atoms. The second kappa shape index (κ2) is 18.7. The second-order valence-electron chi connectivity index (χ2n) is 6.90. The highest BCUT2D eigenvalue weighted by Crippen LogP contribution is 2.24. The Labute approximate surface area is 167 Å². The third kappa shape index (κ3) is 14.0. The van der Waals surface area contributed by atoms with Gasteiger partial charge in [-0.2, -0.15) is 0 Å². The van der Waals surface area contributed by atoms with Crippen LogP contribution in [0.3, 0.4) is 0 Å². The molecular weight excluding hydrogens is 344 g/mol. The van der Waals surface area contributed by atoms with Crippen molar-refractivity contribution in [2.75, 3.05) is 65.8 Å². The van der Waals surface area contributed by atoms with Crippen molar-refractivity contribution >= 4 is 5.91 Å². The molecule has 1 aliphatic heterocycles. The number of amides is 1. The van der Waals surface area contributed by atoms with Crippen LogP contribution in [0.15, 0.2) is 0 Å². The second-order valence-corrected chi connectivity index (χ2v) is 6.90. The van der Waals surface area contributed by atoms with Crippen LogP contribution in [0.4, 0.5) is 0 Å². The summed E-state index contributed by atoms with van der Waals surface area (Å²) in [6.07, 6.45) is 2.74. The van der Waals surface area contributed by atoms with Crippen molar-refractivity contribution in [3.8, 4) is 0 Å². The zero-order valence-corrected chi connectivity index (χ0v) is 18.4. The van der Waals surface area contributed by atoms with Gasteiger partial charge in [-0.25, -0.2) is 0 Å². The Morgan fingerprint density at radius 2 is 1.48 bits per heavy atom. The van der Waals surface area contributed by atoms with E-state index in [0.29, 0.717) is 46.1 Å². The first kappa shape index (κ1) is 26.3. The predicted molar refractivity (Wildman–Crippen MR) is 111 cm³/mol. The summed E-state index contributed by atoms with van der Waals surface area (Å²) < 4.78 is 16.3. The summed E-state index contributed by atoms with van der Waals surface area (Å²) in [6.45, 7) is 17.7. The first-order valence-corrected chi connectivity index (χ1v) is 10.9. The third-order valence-electron chi connectivity index (χ3n) is 4.71. The smallest absolute Gasteiger partial charge is 0.224 e. The van der Waals surface area contributed by atoms with Crippen LogP contribution in [0.2, 0.25) is 0 Å². The fourth-order valence-corrected chi connectivity index (χ4v) is 3.00. The number of rotatable bonds is 14. The molecule has 0 unspecified atom stereocenters. The van der Waals surface area contributed by atoms with E-state index < -0.39 is 0 Å². The molecule has 0 spiro atoms. The lowest BCUT2D eigenvalue weighted by Crippen LogP contribution is -2.39. The van der Waals surface area contributed by atoms with Gasteiger partial charge in [0.25, 0.3) is 0 Å². The summed E-state index contributed by atoms with van der Waals surface area (Å²) in [5, 5.41) is 3.20. The van der Waals surface area contributed by atoms with Crippen LogP contribution in [0, 0.1) is 11.8 Å². The van der Waals surface area contributed by atoms with E-state index in [0.717, 1.165) is 50.9 Å². The number of nitrogens with one attached hydrogen (secondary N) is 1. The molecule has 1 N–H and O–H groups in total. The normalized spacial score (nSPS) is 15.0. The molecule has 6 nitrogen and oxygen atoms in total. The topological polar surface area (TPSA) is 60.0 Å². The predicted octanol–water partition coefficient (Wildman–Crippen LogP) is 2.96. The number of likely N-dealkylation sites (N-methyl/N-ethyl adjacent to an activating group) is 1. The highest BCUT2D eigenvalue weighted by atomic mass is 16.5. The number of carbonyl (C=O) groups excluding carboxylic acids is 1. The highest BCUT2D eigenvalue weighted by molar-refractivity contribution is 5.76. The van der Waals surface area contributed by atoms with E-state index in [-0.39, 0.29) is 5.91 Å². The number of ether oxygens (including phenoxy) is 3.